The molecule has 3 rings (SSSR count). The first-order valence-corrected chi connectivity index (χ1v) is 9.61. The SMILES string of the molecule is CCNC(=O)c1cccc(NC(=O)C[NH+]2CCN(c3ccccc3O)CC2)c1. The number of phenols is 1. The molecule has 1 saturated heterocycles. The molecule has 2 aromatic rings. The van der Waals surface area contributed by atoms with Gasteiger partial charge in [-0.1, -0.05) is 18.2 Å². The Morgan fingerprint density at radius 2 is 1.86 bits per heavy atom. The second-order valence-corrected chi connectivity index (χ2v) is 6.89. The number of carbonyl (C=O) groups is 2. The van der Waals surface area contributed by atoms with Gasteiger partial charge in [0.05, 0.1) is 31.9 Å². The van der Waals surface area contributed by atoms with E-state index in [0.717, 1.165) is 31.9 Å². The molecule has 1 aliphatic heterocycles. The van der Waals surface area contributed by atoms with Gasteiger partial charge in [-0.25, -0.2) is 0 Å². The number of rotatable bonds is 6. The number of hydrogen-bond acceptors (Lipinski definition) is 4. The van der Waals surface area contributed by atoms with E-state index >= 15 is 0 Å². The zero-order chi connectivity index (χ0) is 19.9. The summed E-state index contributed by atoms with van der Waals surface area (Å²) in [4.78, 5) is 27.7. The lowest BCUT2D eigenvalue weighted by atomic mass is 10.2. The van der Waals surface area contributed by atoms with E-state index in [-0.39, 0.29) is 17.6 Å². The van der Waals surface area contributed by atoms with Crippen molar-refractivity contribution < 1.29 is 19.6 Å². The van der Waals surface area contributed by atoms with E-state index in [0.29, 0.717) is 24.3 Å². The van der Waals surface area contributed by atoms with E-state index in [1.165, 1.54) is 4.90 Å². The van der Waals surface area contributed by atoms with Crippen molar-refractivity contribution >= 4 is 23.2 Å². The highest BCUT2D eigenvalue weighted by Crippen LogP contribution is 2.25. The van der Waals surface area contributed by atoms with Crippen molar-refractivity contribution in [1.29, 1.82) is 0 Å². The number of quaternary nitrogens is 1. The van der Waals surface area contributed by atoms with E-state index in [9.17, 15) is 14.7 Å². The van der Waals surface area contributed by atoms with Gasteiger partial charge in [0.1, 0.15) is 5.75 Å². The van der Waals surface area contributed by atoms with E-state index in [2.05, 4.69) is 15.5 Å². The lowest BCUT2D eigenvalue weighted by Gasteiger charge is -2.33. The maximum Gasteiger partial charge on any atom is 0.279 e. The maximum absolute atomic E-state index is 12.4. The Kier molecular flexibility index (Phi) is 6.49. The summed E-state index contributed by atoms with van der Waals surface area (Å²) in [6.07, 6.45) is 0. The zero-order valence-corrected chi connectivity index (χ0v) is 16.1. The van der Waals surface area contributed by atoms with Gasteiger partial charge < -0.3 is 25.5 Å². The van der Waals surface area contributed by atoms with Crippen LogP contribution < -0.4 is 20.4 Å². The van der Waals surface area contributed by atoms with Crippen molar-refractivity contribution in [1.82, 2.24) is 5.32 Å². The fourth-order valence-electron chi connectivity index (χ4n) is 3.41. The molecular formula is C21H27N4O3+. The number of amides is 2. The van der Waals surface area contributed by atoms with Gasteiger partial charge in [0.25, 0.3) is 11.8 Å². The summed E-state index contributed by atoms with van der Waals surface area (Å²) >= 11 is 0. The molecule has 2 amide bonds. The molecule has 4 N–H and O–H groups in total. The highest BCUT2D eigenvalue weighted by atomic mass is 16.3. The van der Waals surface area contributed by atoms with Crippen molar-refractivity contribution in [3.63, 3.8) is 0 Å². The molecule has 0 bridgehead atoms. The third-order valence-corrected chi connectivity index (χ3v) is 4.85. The Morgan fingerprint density at radius 3 is 2.57 bits per heavy atom. The molecule has 0 aliphatic carbocycles. The Bertz CT molecular complexity index is 832. The average Bonchev–Trinajstić information content (AvgIpc) is 2.69. The van der Waals surface area contributed by atoms with E-state index in [4.69, 9.17) is 0 Å². The number of carbonyl (C=O) groups excluding carboxylic acids is 2. The van der Waals surface area contributed by atoms with Crippen molar-refractivity contribution in [3.8, 4) is 5.75 Å². The van der Waals surface area contributed by atoms with Crippen LogP contribution in [0.1, 0.15) is 17.3 Å². The van der Waals surface area contributed by atoms with Crippen LogP contribution in [-0.4, -0.2) is 56.2 Å². The number of phenolic OH excluding ortho intramolecular Hbond substituents is 1. The highest BCUT2D eigenvalue weighted by molar-refractivity contribution is 5.97. The lowest BCUT2D eigenvalue weighted by molar-refractivity contribution is -0.892. The summed E-state index contributed by atoms with van der Waals surface area (Å²) in [5.41, 5.74) is 2.00. The number of anilines is 2. The normalized spacial score (nSPS) is 14.5. The van der Waals surface area contributed by atoms with Crippen LogP contribution in [0, 0.1) is 0 Å². The van der Waals surface area contributed by atoms with E-state index < -0.39 is 0 Å². The first-order valence-electron chi connectivity index (χ1n) is 9.61. The summed E-state index contributed by atoms with van der Waals surface area (Å²) in [6.45, 7) is 6.01. The number of nitrogens with zero attached hydrogens (tertiary/aromatic N) is 1. The summed E-state index contributed by atoms with van der Waals surface area (Å²) < 4.78 is 0. The van der Waals surface area contributed by atoms with Gasteiger partial charge >= 0.3 is 0 Å². The quantitative estimate of drug-likeness (QED) is 0.585. The third-order valence-electron chi connectivity index (χ3n) is 4.85. The van der Waals surface area contributed by atoms with Crippen molar-refractivity contribution in [2.45, 2.75) is 6.92 Å². The zero-order valence-electron chi connectivity index (χ0n) is 16.1. The highest BCUT2D eigenvalue weighted by Gasteiger charge is 2.23. The minimum absolute atomic E-state index is 0.0703. The fraction of sp³-hybridized carbons (Fsp3) is 0.333. The largest absolute Gasteiger partial charge is 0.506 e. The molecule has 0 spiro atoms. The summed E-state index contributed by atoms with van der Waals surface area (Å²) in [5.74, 6) is 0.0688. The first-order chi connectivity index (χ1) is 13.6. The standard InChI is InChI=1S/C21H26N4O3/c1-2-22-21(28)16-6-5-7-17(14-16)23-20(27)15-24-10-12-25(13-11-24)18-8-3-4-9-19(18)26/h3-9,14,26H,2,10-13,15H2,1H3,(H,22,28)(H,23,27)/p+1. The first kappa shape index (κ1) is 19.7. The van der Waals surface area contributed by atoms with E-state index in [1.807, 2.05) is 25.1 Å². The Morgan fingerprint density at radius 1 is 1.11 bits per heavy atom. The van der Waals surface area contributed by atoms with Crippen LogP contribution in [0.4, 0.5) is 11.4 Å². The molecule has 1 fully saturated rings. The molecule has 1 aliphatic rings. The minimum atomic E-state index is -0.149. The summed E-state index contributed by atoms with van der Waals surface area (Å²) in [6, 6.07) is 14.3. The number of para-hydroxylation sites is 2. The second kappa shape index (κ2) is 9.23. The number of hydrogen-bond donors (Lipinski definition) is 4. The van der Waals surface area contributed by atoms with Crippen LogP contribution in [-0.2, 0) is 4.79 Å². The Labute approximate surface area is 165 Å². The molecule has 0 atom stereocenters. The fourth-order valence-corrected chi connectivity index (χ4v) is 3.41. The topological polar surface area (TPSA) is 86.1 Å². The number of benzene rings is 2. The third kappa shape index (κ3) is 5.01. The smallest absolute Gasteiger partial charge is 0.279 e. The molecule has 0 unspecified atom stereocenters. The number of nitrogens with one attached hydrogen (secondary N) is 3. The van der Waals surface area contributed by atoms with Crippen molar-refractivity contribution in [2.75, 3.05) is 49.5 Å². The van der Waals surface area contributed by atoms with Gasteiger partial charge in [-0.05, 0) is 37.3 Å². The summed E-state index contributed by atoms with van der Waals surface area (Å²) in [5, 5.41) is 15.6. The van der Waals surface area contributed by atoms with Gasteiger partial charge in [-0.15, -0.1) is 0 Å². The molecular weight excluding hydrogens is 356 g/mol. The Balaban J connectivity index is 1.50. The minimum Gasteiger partial charge on any atom is -0.506 e. The monoisotopic (exact) mass is 383 g/mol. The van der Waals surface area contributed by atoms with Gasteiger partial charge in [-0.3, -0.25) is 9.59 Å². The summed E-state index contributed by atoms with van der Waals surface area (Å²) in [7, 11) is 0. The lowest BCUT2D eigenvalue weighted by Crippen LogP contribution is -3.15. The van der Waals surface area contributed by atoms with Crippen LogP contribution in [0.3, 0.4) is 0 Å². The molecule has 1 heterocycles. The van der Waals surface area contributed by atoms with E-state index in [1.54, 1.807) is 30.3 Å². The molecule has 148 valence electrons. The molecule has 7 heteroatoms. The van der Waals surface area contributed by atoms with Crippen LogP contribution >= 0.6 is 0 Å². The van der Waals surface area contributed by atoms with Crippen LogP contribution in [0.15, 0.2) is 48.5 Å². The number of piperazine rings is 1. The van der Waals surface area contributed by atoms with Gasteiger partial charge in [0, 0.05) is 17.8 Å². The Hall–Kier alpha value is -3.06. The molecule has 2 aromatic carbocycles. The van der Waals surface area contributed by atoms with Gasteiger partial charge in [0.2, 0.25) is 0 Å². The van der Waals surface area contributed by atoms with Crippen LogP contribution in [0.2, 0.25) is 0 Å². The number of aromatic hydroxyl groups is 1. The predicted octanol–water partition coefficient (Wildman–Crippen LogP) is 0.486. The molecule has 0 radical (unpaired) electrons. The van der Waals surface area contributed by atoms with Gasteiger partial charge in [0.15, 0.2) is 6.54 Å². The molecule has 0 aromatic heterocycles. The maximum atomic E-state index is 12.4. The predicted molar refractivity (Wildman–Crippen MR) is 109 cm³/mol. The molecule has 28 heavy (non-hydrogen) atoms. The van der Waals surface area contributed by atoms with Crippen LogP contribution in [0.25, 0.3) is 0 Å². The van der Waals surface area contributed by atoms with Crippen molar-refractivity contribution in [3.05, 3.63) is 54.1 Å². The van der Waals surface area contributed by atoms with Crippen LogP contribution in [0.5, 0.6) is 5.75 Å². The van der Waals surface area contributed by atoms with Crippen molar-refractivity contribution in [2.24, 2.45) is 0 Å². The van der Waals surface area contributed by atoms with Gasteiger partial charge in [-0.2, -0.15) is 0 Å². The molecule has 7 nitrogen and oxygen atoms in total. The second-order valence-electron chi connectivity index (χ2n) is 6.89. The molecule has 0 saturated carbocycles. The average molecular weight is 383 g/mol.